The van der Waals surface area contributed by atoms with Crippen molar-refractivity contribution in [2.45, 2.75) is 50.2 Å². The van der Waals surface area contributed by atoms with E-state index in [1.165, 1.54) is 21.2 Å². The number of nitrogens with zero attached hydrogens (tertiary/aromatic N) is 2. The van der Waals surface area contributed by atoms with Crippen LogP contribution in [-0.2, 0) is 24.0 Å². The monoisotopic (exact) mass is 664 g/mol. The third-order valence-corrected chi connectivity index (χ3v) is 14.1. The number of likely N-dealkylation sites (tertiary alicyclic amines) is 1. The van der Waals surface area contributed by atoms with Crippen LogP contribution >= 0.6 is 15.8 Å². The van der Waals surface area contributed by atoms with Gasteiger partial charge in [-0.05, 0) is 56.1 Å². The van der Waals surface area contributed by atoms with Crippen LogP contribution < -0.4 is 21.2 Å². The molecule has 47 heavy (non-hydrogen) atoms. The molecule has 0 N–H and O–H groups in total. The molecule has 0 bridgehead atoms. The lowest BCUT2D eigenvalue weighted by Gasteiger charge is -2.29. The first-order chi connectivity index (χ1) is 23.0. The van der Waals surface area contributed by atoms with E-state index in [1.54, 1.807) is 0 Å². The minimum Gasteiger partial charge on any atom is -0.339 e. The van der Waals surface area contributed by atoms with Crippen molar-refractivity contribution in [2.24, 2.45) is 0 Å². The second-order valence-corrected chi connectivity index (χ2v) is 16.6. The van der Waals surface area contributed by atoms with Crippen molar-refractivity contribution in [3.05, 3.63) is 121 Å². The molecule has 9 heteroatoms. The number of hydrogen-bond donors (Lipinski definition) is 0. The minimum atomic E-state index is -0.734. The lowest BCUT2D eigenvalue weighted by atomic mass is 10.2. The summed E-state index contributed by atoms with van der Waals surface area (Å²) in [7, 11) is -1.46. The lowest BCUT2D eigenvalue weighted by Crippen LogP contribution is -2.39. The van der Waals surface area contributed by atoms with Crippen LogP contribution in [0.2, 0.25) is 0 Å². The summed E-state index contributed by atoms with van der Waals surface area (Å²) in [6.45, 7) is 0.646. The highest BCUT2D eigenvalue weighted by atomic mass is 31.1. The summed E-state index contributed by atoms with van der Waals surface area (Å²) in [6, 6.07) is 42.5. The molecule has 2 aliphatic rings. The second kappa shape index (κ2) is 15.6. The molecule has 0 aromatic heterocycles. The van der Waals surface area contributed by atoms with Gasteiger partial charge in [0, 0.05) is 43.9 Å². The summed E-state index contributed by atoms with van der Waals surface area (Å²) in [6.07, 6.45) is 2.24. The van der Waals surface area contributed by atoms with E-state index in [9.17, 15) is 19.2 Å². The van der Waals surface area contributed by atoms with Gasteiger partial charge in [0.2, 0.25) is 5.91 Å². The number of amides is 3. The van der Waals surface area contributed by atoms with Crippen molar-refractivity contribution in [3.8, 4) is 0 Å². The van der Waals surface area contributed by atoms with Gasteiger partial charge in [0.15, 0.2) is 0 Å². The Hall–Kier alpha value is -4.18. The first-order valence-corrected chi connectivity index (χ1v) is 19.0. The number of hydroxylamine groups is 2. The molecule has 240 valence electrons. The van der Waals surface area contributed by atoms with Gasteiger partial charge in [0.25, 0.3) is 11.8 Å². The van der Waals surface area contributed by atoms with E-state index in [2.05, 4.69) is 102 Å². The fourth-order valence-corrected chi connectivity index (χ4v) is 11.9. The summed E-state index contributed by atoms with van der Waals surface area (Å²) in [5, 5.41) is 5.73. The highest BCUT2D eigenvalue weighted by Gasteiger charge is 2.41. The molecule has 2 fully saturated rings. The predicted octanol–water partition coefficient (Wildman–Crippen LogP) is 5.00. The third kappa shape index (κ3) is 8.04. The molecule has 0 aliphatic carbocycles. The molecular formula is C38H38N2O5P2. The van der Waals surface area contributed by atoms with Gasteiger partial charge in [-0.3, -0.25) is 14.4 Å². The molecule has 3 amide bonds. The lowest BCUT2D eigenvalue weighted by molar-refractivity contribution is -0.197. The van der Waals surface area contributed by atoms with Crippen molar-refractivity contribution < 1.29 is 24.0 Å². The van der Waals surface area contributed by atoms with Crippen LogP contribution in [0.15, 0.2) is 121 Å². The summed E-state index contributed by atoms with van der Waals surface area (Å²) in [5.74, 6) is -1.67. The van der Waals surface area contributed by atoms with Crippen molar-refractivity contribution >= 4 is 60.8 Å². The fraction of sp³-hybridized carbons (Fsp3) is 0.263. The molecule has 2 heterocycles. The Labute approximate surface area is 278 Å². The summed E-state index contributed by atoms with van der Waals surface area (Å²) in [4.78, 5) is 57.4. The van der Waals surface area contributed by atoms with Crippen molar-refractivity contribution in [2.75, 3.05) is 12.7 Å². The number of carbonyl (C=O) groups is 4. The largest absolute Gasteiger partial charge is 0.339 e. The Morgan fingerprint density at radius 2 is 1.13 bits per heavy atom. The Balaban J connectivity index is 1.24. The minimum absolute atomic E-state index is 0.0192. The van der Waals surface area contributed by atoms with E-state index in [4.69, 9.17) is 4.84 Å². The Morgan fingerprint density at radius 3 is 1.62 bits per heavy atom. The molecule has 0 unspecified atom stereocenters. The SMILES string of the molecule is O=C(CCCC(=O)N1C[C@H](P(c2ccccc2)c2ccccc2)C[C@@H]1CP(c1ccccc1)c1ccccc1)ON1C(=O)CCC1=O. The number of benzene rings is 4. The topological polar surface area (TPSA) is 84.0 Å². The van der Waals surface area contributed by atoms with E-state index in [1.807, 2.05) is 24.3 Å². The molecular weight excluding hydrogens is 626 g/mol. The van der Waals surface area contributed by atoms with Crippen molar-refractivity contribution in [3.63, 3.8) is 0 Å². The first-order valence-electron chi connectivity index (χ1n) is 16.1. The van der Waals surface area contributed by atoms with Crippen LogP contribution in [0.3, 0.4) is 0 Å². The van der Waals surface area contributed by atoms with E-state index in [-0.39, 0.29) is 49.7 Å². The molecule has 2 saturated heterocycles. The zero-order valence-corrected chi connectivity index (χ0v) is 28.0. The fourth-order valence-electron chi connectivity index (χ4n) is 6.42. The maximum atomic E-state index is 14.1. The van der Waals surface area contributed by atoms with Crippen LogP contribution in [-0.4, -0.2) is 58.1 Å². The van der Waals surface area contributed by atoms with Gasteiger partial charge < -0.3 is 9.74 Å². The van der Waals surface area contributed by atoms with Gasteiger partial charge in [-0.25, -0.2) is 4.79 Å². The Kier molecular flexibility index (Phi) is 10.9. The van der Waals surface area contributed by atoms with Crippen LogP contribution in [0.4, 0.5) is 0 Å². The second-order valence-electron chi connectivity index (χ2n) is 11.8. The maximum Gasteiger partial charge on any atom is 0.333 e. The molecule has 6 rings (SSSR count). The quantitative estimate of drug-likeness (QED) is 0.157. The van der Waals surface area contributed by atoms with Gasteiger partial charge in [-0.2, -0.15) is 0 Å². The molecule has 2 atom stereocenters. The third-order valence-electron chi connectivity index (χ3n) is 8.65. The molecule has 2 aliphatic heterocycles. The van der Waals surface area contributed by atoms with Crippen LogP contribution in [0, 0.1) is 0 Å². The Bertz CT molecular complexity index is 1580. The summed E-state index contributed by atoms with van der Waals surface area (Å²) < 4.78 is 0. The standard InChI is InChI=1S/C38H38N2O5P2/c41-35(22-13-23-38(44)45-40-36(42)24-25-37(40)43)39-27-34(47(32-18-9-3-10-19-32)33-20-11-4-12-21-33)26-29(39)28-46(30-14-5-1-6-15-30)31-16-7-2-8-17-31/h1-12,14-21,29,34H,13,22-28H2/t29-,34-/m1/s1. The number of rotatable bonds is 12. The van der Waals surface area contributed by atoms with Crippen molar-refractivity contribution in [1.82, 2.24) is 9.96 Å². The number of imide groups is 1. The highest BCUT2D eigenvalue weighted by molar-refractivity contribution is 7.74. The van der Waals surface area contributed by atoms with Crippen LogP contribution in [0.5, 0.6) is 0 Å². The maximum absolute atomic E-state index is 14.1. The van der Waals surface area contributed by atoms with E-state index in [0.717, 1.165) is 12.6 Å². The number of carbonyl (C=O) groups excluding carboxylic acids is 4. The van der Waals surface area contributed by atoms with Crippen LogP contribution in [0.25, 0.3) is 0 Å². The zero-order chi connectivity index (χ0) is 32.6. The molecule has 4 aromatic rings. The molecule has 0 radical (unpaired) electrons. The Morgan fingerprint density at radius 1 is 0.660 bits per heavy atom. The first kappa shape index (κ1) is 32.7. The van der Waals surface area contributed by atoms with Gasteiger partial charge in [-0.1, -0.05) is 121 Å². The van der Waals surface area contributed by atoms with E-state index >= 15 is 0 Å². The highest BCUT2D eigenvalue weighted by Crippen LogP contribution is 2.48. The van der Waals surface area contributed by atoms with E-state index < -0.39 is 33.6 Å². The van der Waals surface area contributed by atoms with Gasteiger partial charge >= 0.3 is 5.97 Å². The average Bonchev–Trinajstić information content (AvgIpc) is 3.67. The smallest absolute Gasteiger partial charge is 0.333 e. The molecule has 4 aromatic carbocycles. The van der Waals surface area contributed by atoms with Gasteiger partial charge in [-0.15, -0.1) is 5.06 Å². The van der Waals surface area contributed by atoms with Gasteiger partial charge in [0.05, 0.1) is 0 Å². The van der Waals surface area contributed by atoms with Crippen molar-refractivity contribution in [1.29, 1.82) is 0 Å². The summed E-state index contributed by atoms with van der Waals surface area (Å²) in [5.41, 5.74) is 0.268. The van der Waals surface area contributed by atoms with Crippen LogP contribution in [0.1, 0.15) is 38.5 Å². The van der Waals surface area contributed by atoms with E-state index in [0.29, 0.717) is 11.6 Å². The average molecular weight is 665 g/mol. The molecule has 0 saturated carbocycles. The zero-order valence-electron chi connectivity index (χ0n) is 26.2. The van der Waals surface area contributed by atoms with Gasteiger partial charge in [0.1, 0.15) is 0 Å². The summed E-state index contributed by atoms with van der Waals surface area (Å²) >= 11 is 0. The number of hydrogen-bond acceptors (Lipinski definition) is 5. The normalized spacial score (nSPS) is 17.9. The molecule has 0 spiro atoms. The predicted molar refractivity (Wildman–Crippen MR) is 188 cm³/mol. The molecule has 7 nitrogen and oxygen atoms in total.